The molecule has 0 unspecified atom stereocenters. The van der Waals surface area contributed by atoms with Crippen molar-refractivity contribution >= 4 is 5.91 Å². The number of hydrogen-bond donors (Lipinski definition) is 0. The van der Waals surface area contributed by atoms with Crippen LogP contribution in [0.1, 0.15) is 38.5 Å². The van der Waals surface area contributed by atoms with Crippen LogP contribution >= 0.6 is 0 Å². The minimum atomic E-state index is -0.0823. The van der Waals surface area contributed by atoms with E-state index in [0.717, 1.165) is 22.6 Å². The van der Waals surface area contributed by atoms with E-state index in [1.165, 1.54) is 5.56 Å². The molecule has 1 amide bonds. The highest BCUT2D eigenvalue weighted by molar-refractivity contribution is 5.94. The van der Waals surface area contributed by atoms with Gasteiger partial charge in [0, 0.05) is 19.2 Å². The highest BCUT2D eigenvalue weighted by atomic mass is 16.5. The highest BCUT2D eigenvalue weighted by Gasteiger charge is 2.16. The van der Waals surface area contributed by atoms with Crippen molar-refractivity contribution in [1.29, 1.82) is 0 Å². The first-order valence-electron chi connectivity index (χ1n) is 9.42. The van der Waals surface area contributed by atoms with E-state index >= 15 is 0 Å². The van der Waals surface area contributed by atoms with E-state index in [0.29, 0.717) is 30.2 Å². The molecule has 3 rings (SSSR count). The van der Waals surface area contributed by atoms with Crippen molar-refractivity contribution in [3.63, 3.8) is 0 Å². The normalized spacial score (nSPS) is 10.7. The second-order valence-electron chi connectivity index (χ2n) is 7.10. The zero-order chi connectivity index (χ0) is 21.0. The molecule has 0 spiro atoms. The molecule has 152 valence electrons. The minimum Gasteiger partial charge on any atom is -0.493 e. The van der Waals surface area contributed by atoms with Crippen LogP contribution in [0.25, 0.3) is 0 Å². The topological polar surface area (TPSA) is 64.8 Å². The Kier molecular flexibility index (Phi) is 6.22. The molecule has 2 aromatic carbocycles. The molecular weight excluding hydrogens is 368 g/mol. The lowest BCUT2D eigenvalue weighted by Gasteiger charge is -2.18. The Balaban J connectivity index is 1.71. The monoisotopic (exact) mass is 394 g/mol. The number of methoxy groups -OCH3 is 1. The van der Waals surface area contributed by atoms with Crippen molar-refractivity contribution in [2.45, 2.75) is 33.9 Å². The van der Waals surface area contributed by atoms with Gasteiger partial charge in [-0.2, -0.15) is 0 Å². The van der Waals surface area contributed by atoms with Crippen LogP contribution in [-0.2, 0) is 13.2 Å². The van der Waals surface area contributed by atoms with Gasteiger partial charge in [0.05, 0.1) is 18.4 Å². The number of aryl methyl sites for hydroxylation is 3. The molecule has 1 heterocycles. The molecule has 6 nitrogen and oxygen atoms in total. The maximum atomic E-state index is 12.8. The van der Waals surface area contributed by atoms with Crippen LogP contribution in [0.2, 0.25) is 0 Å². The summed E-state index contributed by atoms with van der Waals surface area (Å²) in [6, 6.07) is 13.4. The van der Waals surface area contributed by atoms with Crippen LogP contribution in [0.15, 0.2) is 47.0 Å². The van der Waals surface area contributed by atoms with Crippen molar-refractivity contribution in [1.82, 2.24) is 10.1 Å². The quantitative estimate of drug-likeness (QED) is 0.592. The summed E-state index contributed by atoms with van der Waals surface area (Å²) in [5.74, 6) is 1.71. The van der Waals surface area contributed by atoms with Crippen molar-refractivity contribution in [2.75, 3.05) is 14.2 Å². The van der Waals surface area contributed by atoms with Gasteiger partial charge in [-0.1, -0.05) is 35.0 Å². The standard InChI is InChI=1S/C23H26N2O4/c1-15-6-8-18(9-7-15)13-25(4)23(26)19-10-11-21(22(12-19)27-5)28-14-20-16(2)24-29-17(20)3/h6-12H,13-14H2,1-5H3. The summed E-state index contributed by atoms with van der Waals surface area (Å²) in [7, 11) is 3.35. The fraction of sp³-hybridized carbons (Fsp3) is 0.304. The fourth-order valence-electron chi connectivity index (χ4n) is 3.04. The average Bonchev–Trinajstić information content (AvgIpc) is 3.04. The number of carbonyl (C=O) groups is 1. The molecule has 0 aliphatic carbocycles. The van der Waals surface area contributed by atoms with Crippen molar-refractivity contribution < 1.29 is 18.8 Å². The summed E-state index contributed by atoms with van der Waals surface area (Å²) in [5, 5.41) is 3.93. The Morgan fingerprint density at radius 2 is 1.79 bits per heavy atom. The Morgan fingerprint density at radius 3 is 2.41 bits per heavy atom. The number of hydrogen-bond acceptors (Lipinski definition) is 5. The molecule has 0 bridgehead atoms. The van der Waals surface area contributed by atoms with Gasteiger partial charge in [0.25, 0.3) is 5.91 Å². The van der Waals surface area contributed by atoms with E-state index in [-0.39, 0.29) is 5.91 Å². The molecule has 0 aliphatic rings. The second-order valence-corrected chi connectivity index (χ2v) is 7.10. The van der Waals surface area contributed by atoms with Crippen LogP contribution in [0.5, 0.6) is 11.5 Å². The van der Waals surface area contributed by atoms with Gasteiger partial charge in [-0.05, 0) is 44.5 Å². The number of rotatable bonds is 7. The van der Waals surface area contributed by atoms with E-state index < -0.39 is 0 Å². The van der Waals surface area contributed by atoms with Gasteiger partial charge in [0.1, 0.15) is 12.4 Å². The number of amides is 1. The summed E-state index contributed by atoms with van der Waals surface area (Å²) in [6.07, 6.45) is 0. The van der Waals surface area contributed by atoms with Gasteiger partial charge in [-0.15, -0.1) is 0 Å². The Hall–Kier alpha value is -3.28. The molecular formula is C23H26N2O4. The molecule has 3 aromatic rings. The van der Waals surface area contributed by atoms with Crippen LogP contribution in [0.3, 0.4) is 0 Å². The third-order valence-corrected chi connectivity index (χ3v) is 4.85. The minimum absolute atomic E-state index is 0.0823. The second kappa shape index (κ2) is 8.82. The van der Waals surface area contributed by atoms with Gasteiger partial charge < -0.3 is 18.9 Å². The SMILES string of the molecule is COc1cc(C(=O)N(C)Cc2ccc(C)cc2)ccc1OCc1c(C)noc1C. The molecule has 0 saturated carbocycles. The Morgan fingerprint density at radius 1 is 1.07 bits per heavy atom. The van der Waals surface area contributed by atoms with Gasteiger partial charge in [-0.25, -0.2) is 0 Å². The summed E-state index contributed by atoms with van der Waals surface area (Å²) < 4.78 is 16.5. The van der Waals surface area contributed by atoms with Crippen molar-refractivity contribution in [3.05, 3.63) is 76.2 Å². The Labute approximate surface area is 171 Å². The predicted octanol–water partition coefficient (Wildman–Crippen LogP) is 4.46. The number of benzene rings is 2. The van der Waals surface area contributed by atoms with Gasteiger partial charge in [-0.3, -0.25) is 4.79 Å². The maximum absolute atomic E-state index is 12.8. The van der Waals surface area contributed by atoms with Crippen LogP contribution in [0, 0.1) is 20.8 Å². The maximum Gasteiger partial charge on any atom is 0.254 e. The lowest BCUT2D eigenvalue weighted by atomic mass is 10.1. The van der Waals surface area contributed by atoms with Gasteiger partial charge in [0.2, 0.25) is 0 Å². The van der Waals surface area contributed by atoms with Crippen LogP contribution in [0.4, 0.5) is 0 Å². The number of ether oxygens (including phenoxy) is 2. The van der Waals surface area contributed by atoms with E-state index in [2.05, 4.69) is 5.16 Å². The summed E-state index contributed by atoms with van der Waals surface area (Å²) in [4.78, 5) is 14.5. The molecule has 0 saturated heterocycles. The molecule has 0 aliphatic heterocycles. The Bertz CT molecular complexity index is 973. The highest BCUT2D eigenvalue weighted by Crippen LogP contribution is 2.30. The van der Waals surface area contributed by atoms with Crippen molar-refractivity contribution in [2.24, 2.45) is 0 Å². The number of nitrogens with zero attached hydrogens (tertiary/aromatic N) is 2. The first-order chi connectivity index (χ1) is 13.9. The molecule has 0 N–H and O–H groups in total. The number of carbonyl (C=O) groups excluding carboxylic acids is 1. The van der Waals surface area contributed by atoms with Crippen LogP contribution in [-0.4, -0.2) is 30.1 Å². The van der Waals surface area contributed by atoms with Crippen LogP contribution < -0.4 is 9.47 Å². The zero-order valence-electron chi connectivity index (χ0n) is 17.5. The third-order valence-electron chi connectivity index (χ3n) is 4.85. The largest absolute Gasteiger partial charge is 0.493 e. The lowest BCUT2D eigenvalue weighted by molar-refractivity contribution is 0.0784. The molecule has 29 heavy (non-hydrogen) atoms. The summed E-state index contributed by atoms with van der Waals surface area (Å²) in [5.41, 5.74) is 4.52. The van der Waals surface area contributed by atoms with E-state index in [1.807, 2.05) is 45.0 Å². The van der Waals surface area contributed by atoms with Crippen molar-refractivity contribution in [3.8, 4) is 11.5 Å². The molecule has 0 atom stereocenters. The smallest absolute Gasteiger partial charge is 0.254 e. The zero-order valence-corrected chi connectivity index (χ0v) is 17.5. The predicted molar refractivity (Wildman–Crippen MR) is 110 cm³/mol. The molecule has 6 heteroatoms. The van der Waals surface area contributed by atoms with E-state index in [4.69, 9.17) is 14.0 Å². The number of aromatic nitrogens is 1. The summed E-state index contributed by atoms with van der Waals surface area (Å²) in [6.45, 7) is 6.61. The lowest BCUT2D eigenvalue weighted by Crippen LogP contribution is -2.26. The first kappa shape index (κ1) is 20.5. The van der Waals surface area contributed by atoms with Gasteiger partial charge in [0.15, 0.2) is 11.5 Å². The fourth-order valence-corrected chi connectivity index (χ4v) is 3.04. The molecule has 0 fully saturated rings. The summed E-state index contributed by atoms with van der Waals surface area (Å²) >= 11 is 0. The first-order valence-corrected chi connectivity index (χ1v) is 9.42. The molecule has 1 aromatic heterocycles. The van der Waals surface area contributed by atoms with E-state index in [9.17, 15) is 4.79 Å². The average molecular weight is 394 g/mol. The molecule has 0 radical (unpaired) electrons. The van der Waals surface area contributed by atoms with E-state index in [1.54, 1.807) is 37.3 Å². The van der Waals surface area contributed by atoms with Gasteiger partial charge >= 0.3 is 0 Å². The third kappa shape index (κ3) is 4.77.